The number of halogens is 1. The number of piperidine rings is 1. The summed E-state index contributed by atoms with van der Waals surface area (Å²) in [6.07, 6.45) is 4.63. The van der Waals surface area contributed by atoms with Crippen LogP contribution in [0.1, 0.15) is 33.7 Å². The first-order chi connectivity index (χ1) is 12.6. The number of amides is 1. The van der Waals surface area contributed by atoms with Crippen LogP contribution in [0.25, 0.3) is 10.9 Å². The highest BCUT2D eigenvalue weighted by molar-refractivity contribution is 6.31. The molecule has 26 heavy (non-hydrogen) atoms. The molecule has 1 saturated heterocycles. The van der Waals surface area contributed by atoms with Gasteiger partial charge in [0, 0.05) is 52.9 Å². The van der Waals surface area contributed by atoms with Gasteiger partial charge in [-0.3, -0.25) is 14.6 Å². The van der Waals surface area contributed by atoms with Gasteiger partial charge in [-0.15, -0.1) is 0 Å². The first kappa shape index (κ1) is 16.8. The minimum absolute atomic E-state index is 0.0351. The smallest absolute Gasteiger partial charge is 0.270 e. The molecular weight excluding hydrogens is 350 g/mol. The number of hydrogen-bond acceptors (Lipinski definition) is 3. The first-order valence-corrected chi connectivity index (χ1v) is 9.01. The van der Waals surface area contributed by atoms with Crippen LogP contribution in [0.15, 0.2) is 48.8 Å². The molecule has 0 spiro atoms. The van der Waals surface area contributed by atoms with Gasteiger partial charge in [0.1, 0.15) is 5.69 Å². The number of hydrogen-bond donors (Lipinski definition) is 1. The summed E-state index contributed by atoms with van der Waals surface area (Å²) >= 11 is 6.01. The normalized spacial score (nSPS) is 15.3. The standard InChI is InChI=1S/C20H18ClN3O2/c21-16-1-2-17-15(11-16)12-18(23-17)20(26)24-9-5-14(6-10-24)19(25)13-3-7-22-8-4-13/h1-4,7-8,11-12,14,23H,5-6,9-10H2. The number of ketones is 1. The number of H-pyrrole nitrogens is 1. The van der Waals surface area contributed by atoms with E-state index in [4.69, 9.17) is 11.6 Å². The van der Waals surface area contributed by atoms with Gasteiger partial charge < -0.3 is 9.88 Å². The van der Waals surface area contributed by atoms with Crippen molar-refractivity contribution < 1.29 is 9.59 Å². The molecule has 0 atom stereocenters. The molecule has 1 aliphatic rings. The number of likely N-dealkylation sites (tertiary alicyclic amines) is 1. The summed E-state index contributed by atoms with van der Waals surface area (Å²) < 4.78 is 0. The number of nitrogens with zero attached hydrogens (tertiary/aromatic N) is 2. The lowest BCUT2D eigenvalue weighted by atomic mass is 9.89. The molecule has 0 radical (unpaired) electrons. The third kappa shape index (κ3) is 3.22. The number of carbonyl (C=O) groups is 2. The molecule has 0 saturated carbocycles. The molecule has 4 rings (SSSR count). The second-order valence-corrected chi connectivity index (χ2v) is 7.02. The number of aromatic amines is 1. The number of benzene rings is 1. The zero-order valence-electron chi connectivity index (χ0n) is 14.1. The van der Waals surface area contributed by atoms with Gasteiger partial charge in [0.05, 0.1) is 0 Å². The van der Waals surface area contributed by atoms with Crippen molar-refractivity contribution in [3.8, 4) is 0 Å². The molecule has 3 heterocycles. The van der Waals surface area contributed by atoms with Crippen LogP contribution in [-0.2, 0) is 0 Å². The summed E-state index contributed by atoms with van der Waals surface area (Å²) in [5, 5.41) is 1.56. The van der Waals surface area contributed by atoms with E-state index in [0.717, 1.165) is 10.9 Å². The van der Waals surface area contributed by atoms with Gasteiger partial charge in [0.25, 0.3) is 5.91 Å². The minimum Gasteiger partial charge on any atom is -0.351 e. The van der Waals surface area contributed by atoms with Crippen LogP contribution < -0.4 is 0 Å². The molecule has 132 valence electrons. The predicted octanol–water partition coefficient (Wildman–Crippen LogP) is 3.95. The minimum atomic E-state index is -0.0389. The van der Waals surface area contributed by atoms with Crippen molar-refractivity contribution in [3.63, 3.8) is 0 Å². The van der Waals surface area contributed by atoms with Crippen molar-refractivity contribution in [1.82, 2.24) is 14.9 Å². The maximum Gasteiger partial charge on any atom is 0.270 e. The average molecular weight is 368 g/mol. The van der Waals surface area contributed by atoms with Crippen molar-refractivity contribution in [3.05, 3.63) is 65.1 Å². The van der Waals surface area contributed by atoms with E-state index in [0.29, 0.717) is 42.2 Å². The van der Waals surface area contributed by atoms with Crippen molar-refractivity contribution in [1.29, 1.82) is 0 Å². The van der Waals surface area contributed by atoms with E-state index in [2.05, 4.69) is 9.97 Å². The molecular formula is C20H18ClN3O2. The third-order valence-electron chi connectivity index (χ3n) is 4.93. The zero-order valence-corrected chi connectivity index (χ0v) is 14.9. The van der Waals surface area contributed by atoms with E-state index >= 15 is 0 Å². The van der Waals surface area contributed by atoms with Crippen molar-refractivity contribution in [2.45, 2.75) is 12.8 Å². The molecule has 0 unspecified atom stereocenters. The van der Waals surface area contributed by atoms with Gasteiger partial charge >= 0.3 is 0 Å². The Balaban J connectivity index is 1.43. The van der Waals surface area contributed by atoms with Crippen molar-refractivity contribution >= 4 is 34.2 Å². The summed E-state index contributed by atoms with van der Waals surface area (Å²) in [4.78, 5) is 34.2. The third-order valence-corrected chi connectivity index (χ3v) is 5.17. The number of pyridine rings is 1. The molecule has 6 heteroatoms. The fourth-order valence-corrected chi connectivity index (χ4v) is 3.67. The lowest BCUT2D eigenvalue weighted by Crippen LogP contribution is -2.40. The van der Waals surface area contributed by atoms with Crippen LogP contribution in [0.3, 0.4) is 0 Å². The maximum atomic E-state index is 12.8. The van der Waals surface area contributed by atoms with Crippen LogP contribution in [0.5, 0.6) is 0 Å². The largest absolute Gasteiger partial charge is 0.351 e. The number of nitrogens with one attached hydrogen (secondary N) is 1. The molecule has 1 amide bonds. The highest BCUT2D eigenvalue weighted by Gasteiger charge is 2.28. The van der Waals surface area contributed by atoms with E-state index in [1.165, 1.54) is 0 Å². The molecule has 2 aromatic heterocycles. The van der Waals surface area contributed by atoms with Gasteiger partial charge in [-0.05, 0) is 49.2 Å². The Morgan fingerprint density at radius 2 is 1.81 bits per heavy atom. The number of fused-ring (bicyclic) bond motifs is 1. The zero-order chi connectivity index (χ0) is 18.1. The molecule has 5 nitrogen and oxygen atoms in total. The summed E-state index contributed by atoms with van der Waals surface area (Å²) in [6.45, 7) is 1.16. The highest BCUT2D eigenvalue weighted by Crippen LogP contribution is 2.25. The summed E-state index contributed by atoms with van der Waals surface area (Å²) in [7, 11) is 0. The molecule has 3 aromatic rings. The van der Waals surface area contributed by atoms with Crippen LogP contribution in [0, 0.1) is 5.92 Å². The van der Waals surface area contributed by atoms with Crippen LogP contribution >= 0.6 is 11.6 Å². The van der Waals surface area contributed by atoms with Gasteiger partial charge in [0.2, 0.25) is 0 Å². The SMILES string of the molecule is O=C(c1ccncc1)C1CCN(C(=O)c2cc3cc(Cl)ccc3[nH]2)CC1. The van der Waals surface area contributed by atoms with E-state index < -0.39 is 0 Å². The van der Waals surface area contributed by atoms with E-state index in [1.54, 1.807) is 30.6 Å². The monoisotopic (exact) mass is 367 g/mol. The fraction of sp³-hybridized carbons (Fsp3) is 0.250. The molecule has 0 aliphatic carbocycles. The number of rotatable bonds is 3. The lowest BCUT2D eigenvalue weighted by molar-refractivity contribution is 0.0646. The van der Waals surface area contributed by atoms with E-state index in [1.807, 2.05) is 23.1 Å². The Bertz CT molecular complexity index is 960. The van der Waals surface area contributed by atoms with E-state index in [-0.39, 0.29) is 17.6 Å². The Hall–Kier alpha value is -2.66. The molecule has 1 N–H and O–H groups in total. The van der Waals surface area contributed by atoms with E-state index in [9.17, 15) is 9.59 Å². The van der Waals surface area contributed by atoms with Gasteiger partial charge in [0.15, 0.2) is 5.78 Å². The maximum absolute atomic E-state index is 12.8. The quantitative estimate of drug-likeness (QED) is 0.713. The summed E-state index contributed by atoms with van der Waals surface area (Å²) in [6, 6.07) is 10.8. The van der Waals surface area contributed by atoms with Gasteiger partial charge in [-0.1, -0.05) is 11.6 Å². The van der Waals surface area contributed by atoms with Crippen LogP contribution in [-0.4, -0.2) is 39.6 Å². The topological polar surface area (TPSA) is 66.1 Å². The fourth-order valence-electron chi connectivity index (χ4n) is 3.49. The summed E-state index contributed by atoms with van der Waals surface area (Å²) in [5.74, 6) is 0.0647. The second-order valence-electron chi connectivity index (χ2n) is 6.58. The Morgan fingerprint density at radius 3 is 2.54 bits per heavy atom. The van der Waals surface area contributed by atoms with Crippen LogP contribution in [0.4, 0.5) is 0 Å². The van der Waals surface area contributed by atoms with Crippen LogP contribution in [0.2, 0.25) is 5.02 Å². The highest BCUT2D eigenvalue weighted by atomic mass is 35.5. The second kappa shape index (κ2) is 6.92. The number of aromatic nitrogens is 2. The number of Topliss-reactive ketones (excluding diaryl/α,β-unsaturated/α-hetero) is 1. The Labute approximate surface area is 156 Å². The molecule has 0 bridgehead atoms. The molecule has 1 aliphatic heterocycles. The number of carbonyl (C=O) groups excluding carboxylic acids is 2. The van der Waals surface area contributed by atoms with Crippen molar-refractivity contribution in [2.24, 2.45) is 5.92 Å². The Morgan fingerprint density at radius 1 is 1.08 bits per heavy atom. The van der Waals surface area contributed by atoms with Crippen molar-refractivity contribution in [2.75, 3.05) is 13.1 Å². The van der Waals surface area contributed by atoms with Gasteiger partial charge in [-0.2, -0.15) is 0 Å². The van der Waals surface area contributed by atoms with Gasteiger partial charge in [-0.25, -0.2) is 0 Å². The first-order valence-electron chi connectivity index (χ1n) is 8.63. The molecule has 1 aromatic carbocycles. The lowest BCUT2D eigenvalue weighted by Gasteiger charge is -2.31. The Kier molecular flexibility index (Phi) is 4.47. The average Bonchev–Trinajstić information content (AvgIpc) is 3.11. The summed E-state index contributed by atoms with van der Waals surface area (Å²) in [5.41, 5.74) is 2.14. The predicted molar refractivity (Wildman–Crippen MR) is 101 cm³/mol. The molecule has 1 fully saturated rings.